The summed E-state index contributed by atoms with van der Waals surface area (Å²) >= 11 is 0. The maximum atomic E-state index is 12.2. The number of hydrogen-bond donors (Lipinski definition) is 1. The van der Waals surface area contributed by atoms with Crippen molar-refractivity contribution in [1.82, 2.24) is 4.98 Å². The first kappa shape index (κ1) is 13.9. The molecule has 1 aromatic carbocycles. The van der Waals surface area contributed by atoms with Crippen LogP contribution >= 0.6 is 0 Å². The van der Waals surface area contributed by atoms with E-state index in [-0.39, 0.29) is 5.78 Å². The highest BCUT2D eigenvalue weighted by molar-refractivity contribution is 6.07. The van der Waals surface area contributed by atoms with Crippen molar-refractivity contribution < 1.29 is 4.79 Å². The van der Waals surface area contributed by atoms with Gasteiger partial charge in [-0.1, -0.05) is 57.2 Å². The number of aromatic nitrogens is 1. The molecule has 0 atom stereocenters. The monoisotopic (exact) mass is 257 g/mol. The van der Waals surface area contributed by atoms with Crippen molar-refractivity contribution in [2.75, 3.05) is 0 Å². The van der Waals surface area contributed by atoms with E-state index in [1.165, 1.54) is 32.1 Å². The van der Waals surface area contributed by atoms with Crippen LogP contribution in [0.3, 0.4) is 0 Å². The highest BCUT2D eigenvalue weighted by Gasteiger charge is 2.10. The molecule has 2 aromatic rings. The molecule has 0 radical (unpaired) electrons. The van der Waals surface area contributed by atoms with Crippen molar-refractivity contribution in [3.63, 3.8) is 0 Å². The lowest BCUT2D eigenvalue weighted by molar-refractivity contribution is 0.0980. The van der Waals surface area contributed by atoms with Crippen LogP contribution in [-0.4, -0.2) is 10.8 Å². The minimum absolute atomic E-state index is 0.271. The van der Waals surface area contributed by atoms with Crippen LogP contribution in [0, 0.1) is 0 Å². The van der Waals surface area contributed by atoms with Crippen LogP contribution in [-0.2, 0) is 0 Å². The molecule has 1 aromatic heterocycles. The Labute approximate surface area is 115 Å². The molecular formula is C17H23NO. The third kappa shape index (κ3) is 3.69. The van der Waals surface area contributed by atoms with Crippen LogP contribution < -0.4 is 0 Å². The lowest BCUT2D eigenvalue weighted by atomic mass is 10.0. The van der Waals surface area contributed by atoms with Gasteiger partial charge in [0.25, 0.3) is 0 Å². The summed E-state index contributed by atoms with van der Waals surface area (Å²) in [6.45, 7) is 2.22. The van der Waals surface area contributed by atoms with E-state index in [9.17, 15) is 4.79 Å². The fourth-order valence-electron chi connectivity index (χ4n) is 2.50. The molecule has 102 valence electrons. The predicted octanol–water partition coefficient (Wildman–Crippen LogP) is 5.10. The average Bonchev–Trinajstić information content (AvgIpc) is 2.86. The van der Waals surface area contributed by atoms with Gasteiger partial charge >= 0.3 is 0 Å². The third-order valence-electron chi connectivity index (χ3n) is 3.65. The fourth-order valence-corrected chi connectivity index (χ4v) is 2.50. The molecule has 1 N–H and O–H groups in total. The molecule has 0 amide bonds. The quantitative estimate of drug-likeness (QED) is 0.518. The third-order valence-corrected chi connectivity index (χ3v) is 3.65. The van der Waals surface area contributed by atoms with Crippen molar-refractivity contribution in [3.8, 4) is 0 Å². The summed E-state index contributed by atoms with van der Waals surface area (Å²) in [6, 6.07) is 8.00. The summed E-state index contributed by atoms with van der Waals surface area (Å²) in [4.78, 5) is 15.4. The zero-order chi connectivity index (χ0) is 13.5. The maximum absolute atomic E-state index is 12.2. The smallest absolute Gasteiger partial charge is 0.165 e. The van der Waals surface area contributed by atoms with E-state index in [4.69, 9.17) is 0 Å². The van der Waals surface area contributed by atoms with Gasteiger partial charge in [0.1, 0.15) is 0 Å². The minimum atomic E-state index is 0.271. The van der Waals surface area contributed by atoms with Gasteiger partial charge < -0.3 is 4.98 Å². The molecule has 0 saturated carbocycles. The number of rotatable bonds is 8. The summed E-state index contributed by atoms with van der Waals surface area (Å²) in [5.74, 6) is 0.271. The molecule has 0 aliphatic rings. The number of para-hydroxylation sites is 1. The van der Waals surface area contributed by atoms with Gasteiger partial charge in [-0.05, 0) is 12.5 Å². The van der Waals surface area contributed by atoms with E-state index in [2.05, 4.69) is 11.9 Å². The second kappa shape index (κ2) is 7.13. The van der Waals surface area contributed by atoms with Crippen LogP contribution in [0.25, 0.3) is 10.9 Å². The van der Waals surface area contributed by atoms with E-state index >= 15 is 0 Å². The zero-order valence-electron chi connectivity index (χ0n) is 11.7. The molecule has 0 saturated heterocycles. The summed E-state index contributed by atoms with van der Waals surface area (Å²) < 4.78 is 0. The van der Waals surface area contributed by atoms with E-state index in [0.29, 0.717) is 6.42 Å². The molecule has 0 unspecified atom stereocenters. The minimum Gasteiger partial charge on any atom is -0.360 e. The molecule has 2 heteroatoms. The summed E-state index contributed by atoms with van der Waals surface area (Å²) in [5, 5.41) is 1.05. The number of ketones is 1. The first-order valence-corrected chi connectivity index (χ1v) is 7.42. The normalized spacial score (nSPS) is 11.0. The van der Waals surface area contributed by atoms with Gasteiger partial charge in [-0.15, -0.1) is 0 Å². The average molecular weight is 257 g/mol. The Kier molecular flexibility index (Phi) is 5.20. The zero-order valence-corrected chi connectivity index (χ0v) is 11.7. The maximum Gasteiger partial charge on any atom is 0.165 e. The Balaban J connectivity index is 1.83. The first-order valence-electron chi connectivity index (χ1n) is 7.42. The molecule has 1 heterocycles. The Bertz CT molecular complexity index is 527. The predicted molar refractivity (Wildman–Crippen MR) is 80.6 cm³/mol. The molecule has 2 rings (SSSR count). The lowest BCUT2D eigenvalue weighted by Crippen LogP contribution is -1.97. The number of aromatic amines is 1. The first-order chi connectivity index (χ1) is 9.33. The highest BCUT2D eigenvalue weighted by atomic mass is 16.1. The number of hydrogen-bond acceptors (Lipinski definition) is 1. The van der Waals surface area contributed by atoms with E-state index in [1.54, 1.807) is 0 Å². The van der Waals surface area contributed by atoms with Crippen molar-refractivity contribution in [2.24, 2.45) is 0 Å². The summed E-state index contributed by atoms with van der Waals surface area (Å²) in [5.41, 5.74) is 1.90. The SMILES string of the molecule is CCCCCCCCC(=O)c1c[nH]c2ccccc12. The van der Waals surface area contributed by atoms with Crippen molar-refractivity contribution >= 4 is 16.7 Å². The number of fused-ring (bicyclic) bond motifs is 1. The number of nitrogens with one attached hydrogen (secondary N) is 1. The largest absolute Gasteiger partial charge is 0.360 e. The number of carbonyl (C=O) groups excluding carboxylic acids is 1. The van der Waals surface area contributed by atoms with Gasteiger partial charge in [0, 0.05) is 29.1 Å². The summed E-state index contributed by atoms with van der Waals surface area (Å²) in [7, 11) is 0. The van der Waals surface area contributed by atoms with Gasteiger partial charge in [0.15, 0.2) is 5.78 Å². The Hall–Kier alpha value is -1.57. The van der Waals surface area contributed by atoms with Crippen molar-refractivity contribution in [3.05, 3.63) is 36.0 Å². The van der Waals surface area contributed by atoms with Crippen LogP contribution in [0.5, 0.6) is 0 Å². The number of unbranched alkanes of at least 4 members (excludes halogenated alkanes) is 5. The van der Waals surface area contributed by atoms with E-state index in [1.807, 2.05) is 30.5 Å². The number of Topliss-reactive ketones (excluding diaryl/α,β-unsaturated/α-hetero) is 1. The van der Waals surface area contributed by atoms with Gasteiger partial charge in [-0.25, -0.2) is 0 Å². The van der Waals surface area contributed by atoms with Crippen molar-refractivity contribution in [2.45, 2.75) is 51.9 Å². The topological polar surface area (TPSA) is 32.9 Å². The molecule has 0 fully saturated rings. The number of benzene rings is 1. The van der Waals surface area contributed by atoms with Gasteiger partial charge in [0.05, 0.1) is 0 Å². The van der Waals surface area contributed by atoms with E-state index < -0.39 is 0 Å². The molecule has 0 aliphatic carbocycles. The standard InChI is InChI=1S/C17H23NO/c1-2-3-4-5-6-7-12-17(19)15-13-18-16-11-9-8-10-14(15)16/h8-11,13,18H,2-7,12H2,1H3. The van der Waals surface area contributed by atoms with Gasteiger partial charge in [-0.2, -0.15) is 0 Å². The fraction of sp³-hybridized carbons (Fsp3) is 0.471. The Morgan fingerprint density at radius 2 is 1.79 bits per heavy atom. The number of H-pyrrole nitrogens is 1. The highest BCUT2D eigenvalue weighted by Crippen LogP contribution is 2.20. The summed E-state index contributed by atoms with van der Waals surface area (Å²) in [6.07, 6.45) is 9.87. The van der Waals surface area contributed by atoms with Crippen LogP contribution in [0.1, 0.15) is 62.2 Å². The molecule has 0 aliphatic heterocycles. The van der Waals surface area contributed by atoms with Crippen LogP contribution in [0.4, 0.5) is 0 Å². The molecular weight excluding hydrogens is 234 g/mol. The second-order valence-electron chi connectivity index (χ2n) is 5.19. The van der Waals surface area contributed by atoms with Crippen LogP contribution in [0.2, 0.25) is 0 Å². The molecule has 2 nitrogen and oxygen atoms in total. The van der Waals surface area contributed by atoms with Crippen molar-refractivity contribution in [1.29, 1.82) is 0 Å². The lowest BCUT2D eigenvalue weighted by Gasteiger charge is -2.01. The Morgan fingerprint density at radius 1 is 1.05 bits per heavy atom. The number of carbonyl (C=O) groups is 1. The van der Waals surface area contributed by atoms with Gasteiger partial charge in [-0.3, -0.25) is 4.79 Å². The Morgan fingerprint density at radius 3 is 2.63 bits per heavy atom. The second-order valence-corrected chi connectivity index (χ2v) is 5.19. The molecule has 0 bridgehead atoms. The molecule has 0 spiro atoms. The van der Waals surface area contributed by atoms with Crippen LogP contribution in [0.15, 0.2) is 30.5 Å². The van der Waals surface area contributed by atoms with Gasteiger partial charge in [0.2, 0.25) is 0 Å². The van der Waals surface area contributed by atoms with E-state index in [0.717, 1.165) is 22.9 Å². The molecule has 19 heavy (non-hydrogen) atoms.